The molecule has 2 aromatic carbocycles. The molecule has 36 heavy (non-hydrogen) atoms. The van der Waals surface area contributed by atoms with Crippen LogP contribution in [0.5, 0.6) is 5.75 Å². The van der Waals surface area contributed by atoms with Gasteiger partial charge in [0.15, 0.2) is 5.58 Å². The highest BCUT2D eigenvalue weighted by Gasteiger charge is 2.47. The number of piperidine rings is 2. The number of hydrogen-bond donors (Lipinski definition) is 1. The zero-order valence-electron chi connectivity index (χ0n) is 19.8. The van der Waals surface area contributed by atoms with E-state index in [1.54, 1.807) is 11.1 Å². The molecule has 0 radical (unpaired) electrons. The Balaban J connectivity index is 1.08. The summed E-state index contributed by atoms with van der Waals surface area (Å²) in [7, 11) is 0. The van der Waals surface area contributed by atoms with E-state index in [0.29, 0.717) is 25.1 Å². The molecule has 1 atom stereocenters. The number of ether oxygens (including phenoxy) is 1. The fraction of sp³-hybridized carbons (Fsp3) is 0.407. The molecule has 3 aromatic rings. The topological polar surface area (TPSA) is 105 Å². The summed E-state index contributed by atoms with van der Waals surface area (Å²) in [6.07, 6.45) is 4.33. The largest absolute Gasteiger partial charge is 0.492 e. The van der Waals surface area contributed by atoms with E-state index in [1.807, 2.05) is 12.1 Å². The van der Waals surface area contributed by atoms with Crippen molar-refractivity contribution in [1.82, 2.24) is 20.3 Å². The van der Waals surface area contributed by atoms with Crippen LogP contribution in [0.15, 0.2) is 41.1 Å². The molecule has 0 saturated carbocycles. The van der Waals surface area contributed by atoms with Gasteiger partial charge in [-0.3, -0.25) is 24.6 Å². The third kappa shape index (κ3) is 3.26. The average molecular weight is 487 g/mol. The van der Waals surface area contributed by atoms with E-state index >= 15 is 0 Å². The second kappa shape index (κ2) is 7.89. The molecule has 4 aliphatic rings. The summed E-state index contributed by atoms with van der Waals surface area (Å²) >= 11 is 0. The molecule has 1 aromatic heterocycles. The van der Waals surface area contributed by atoms with E-state index in [9.17, 15) is 14.4 Å². The third-order valence-corrected chi connectivity index (χ3v) is 8.37. The Bertz CT molecular complexity index is 1420. The van der Waals surface area contributed by atoms with E-state index in [1.165, 1.54) is 11.1 Å². The molecule has 4 aliphatic heterocycles. The molecule has 7 rings (SSSR count). The van der Waals surface area contributed by atoms with Crippen LogP contribution >= 0.6 is 0 Å². The summed E-state index contributed by atoms with van der Waals surface area (Å²) in [5.41, 5.74) is 4.67. The second-order valence-electron chi connectivity index (χ2n) is 10.4. The predicted octanol–water partition coefficient (Wildman–Crippen LogP) is 2.52. The van der Waals surface area contributed by atoms with Crippen LogP contribution in [0.4, 0.5) is 0 Å². The van der Waals surface area contributed by atoms with Crippen LogP contribution in [-0.2, 0) is 28.1 Å². The number of fused-ring (bicyclic) bond motifs is 5. The van der Waals surface area contributed by atoms with Gasteiger partial charge < -0.3 is 14.2 Å². The van der Waals surface area contributed by atoms with Crippen LogP contribution in [0.3, 0.4) is 0 Å². The lowest BCUT2D eigenvalue weighted by Crippen LogP contribution is -2.52. The predicted molar refractivity (Wildman–Crippen MR) is 128 cm³/mol. The minimum atomic E-state index is -0.617. The lowest BCUT2D eigenvalue weighted by atomic mass is 9.74. The zero-order chi connectivity index (χ0) is 24.4. The normalized spacial score (nSPS) is 23.2. The number of rotatable bonds is 3. The summed E-state index contributed by atoms with van der Waals surface area (Å²) in [5, 5.41) is 7.25. The number of hydrogen-bond acceptors (Lipinski definition) is 7. The first-order chi connectivity index (χ1) is 17.5. The maximum atomic E-state index is 13.2. The summed E-state index contributed by atoms with van der Waals surface area (Å²) in [5.74, 6) is -0.0117. The fourth-order valence-electron chi connectivity index (χ4n) is 6.32. The van der Waals surface area contributed by atoms with Gasteiger partial charge in [-0.05, 0) is 56.1 Å². The van der Waals surface area contributed by atoms with Crippen molar-refractivity contribution in [3.8, 4) is 5.75 Å². The maximum Gasteiger partial charge on any atom is 0.255 e. The molecule has 0 bridgehead atoms. The van der Waals surface area contributed by atoms with Crippen LogP contribution in [-0.4, -0.2) is 58.4 Å². The van der Waals surface area contributed by atoms with Crippen molar-refractivity contribution < 1.29 is 23.6 Å². The van der Waals surface area contributed by atoms with Gasteiger partial charge in [0, 0.05) is 40.5 Å². The molecule has 1 unspecified atom stereocenters. The fourth-order valence-corrected chi connectivity index (χ4v) is 6.32. The number of amides is 3. The molecule has 3 amide bonds. The molecule has 2 saturated heterocycles. The molecule has 2 fully saturated rings. The Morgan fingerprint density at radius 3 is 2.81 bits per heavy atom. The number of nitrogens with one attached hydrogen (secondary N) is 1. The van der Waals surface area contributed by atoms with E-state index in [-0.39, 0.29) is 23.7 Å². The lowest BCUT2D eigenvalue weighted by molar-refractivity contribution is -0.136. The summed E-state index contributed by atoms with van der Waals surface area (Å²) in [4.78, 5) is 41.2. The number of carbonyl (C=O) groups excluding carboxylic acids is 3. The summed E-state index contributed by atoms with van der Waals surface area (Å²) in [6, 6.07) is 9.56. The van der Waals surface area contributed by atoms with Gasteiger partial charge in [0.1, 0.15) is 11.8 Å². The highest BCUT2D eigenvalue weighted by molar-refractivity contribution is 6.05. The first-order valence-electron chi connectivity index (χ1n) is 12.5. The minimum absolute atomic E-state index is 0.0512. The first kappa shape index (κ1) is 21.6. The SMILES string of the molecule is O=C1CCC(N2Cc3c(ccc4c3OCC43CCN(Cc4ccc5oncc5c4)CC3)C2=O)C(=O)N1. The summed E-state index contributed by atoms with van der Waals surface area (Å²) in [6.45, 7) is 3.76. The number of likely N-dealkylation sites (tertiary alicyclic amines) is 1. The Morgan fingerprint density at radius 1 is 1.11 bits per heavy atom. The van der Waals surface area contributed by atoms with Crippen LogP contribution in [0, 0.1) is 0 Å². The van der Waals surface area contributed by atoms with Crippen LogP contribution in [0.1, 0.15) is 52.7 Å². The lowest BCUT2D eigenvalue weighted by Gasteiger charge is -2.38. The molecule has 1 spiro atoms. The van der Waals surface area contributed by atoms with Crippen LogP contribution in [0.25, 0.3) is 11.0 Å². The number of benzene rings is 2. The first-order valence-corrected chi connectivity index (χ1v) is 12.5. The van der Waals surface area contributed by atoms with Gasteiger partial charge in [-0.2, -0.15) is 0 Å². The van der Waals surface area contributed by atoms with E-state index in [0.717, 1.165) is 54.8 Å². The van der Waals surface area contributed by atoms with E-state index in [4.69, 9.17) is 9.26 Å². The molecular weight excluding hydrogens is 460 g/mol. The average Bonchev–Trinajstić information content (AvgIpc) is 3.57. The Morgan fingerprint density at radius 2 is 1.97 bits per heavy atom. The molecule has 9 nitrogen and oxygen atoms in total. The van der Waals surface area contributed by atoms with Gasteiger partial charge >= 0.3 is 0 Å². The van der Waals surface area contributed by atoms with Gasteiger partial charge in [-0.1, -0.05) is 17.3 Å². The van der Waals surface area contributed by atoms with Crippen molar-refractivity contribution in [3.05, 3.63) is 58.8 Å². The van der Waals surface area contributed by atoms with Crippen molar-refractivity contribution >= 4 is 28.7 Å². The smallest absolute Gasteiger partial charge is 0.255 e. The van der Waals surface area contributed by atoms with Gasteiger partial charge in [0.25, 0.3) is 5.91 Å². The number of imide groups is 1. The Kier molecular flexibility index (Phi) is 4.73. The molecule has 0 aliphatic carbocycles. The third-order valence-electron chi connectivity index (χ3n) is 8.37. The number of carbonyl (C=O) groups is 3. The Hall–Kier alpha value is -3.72. The second-order valence-corrected chi connectivity index (χ2v) is 10.4. The quantitative estimate of drug-likeness (QED) is 0.567. The van der Waals surface area contributed by atoms with Crippen molar-refractivity contribution in [2.75, 3.05) is 19.7 Å². The summed E-state index contributed by atoms with van der Waals surface area (Å²) < 4.78 is 11.5. The highest BCUT2D eigenvalue weighted by Crippen LogP contribution is 2.49. The standard InChI is InChI=1S/C27H26N4O5/c32-23-6-4-21(25(33)29-23)31-14-19-18(26(31)34)2-3-20-24(19)35-15-27(20)7-9-30(10-8-27)13-16-1-5-22-17(11-16)12-28-36-22/h1-3,5,11-12,21H,4,6-10,13-15H2,(H,29,32,33). The van der Waals surface area contributed by atoms with Gasteiger partial charge in [-0.25, -0.2) is 0 Å². The maximum absolute atomic E-state index is 13.2. The molecule has 1 N–H and O–H groups in total. The van der Waals surface area contributed by atoms with Gasteiger partial charge in [0.2, 0.25) is 11.8 Å². The van der Waals surface area contributed by atoms with Crippen molar-refractivity contribution in [2.24, 2.45) is 0 Å². The van der Waals surface area contributed by atoms with E-state index in [2.05, 4.69) is 33.6 Å². The van der Waals surface area contributed by atoms with Crippen molar-refractivity contribution in [3.63, 3.8) is 0 Å². The molecular formula is C27H26N4O5. The van der Waals surface area contributed by atoms with Gasteiger partial charge in [-0.15, -0.1) is 0 Å². The molecule has 9 heteroatoms. The van der Waals surface area contributed by atoms with Gasteiger partial charge in [0.05, 0.1) is 19.3 Å². The van der Waals surface area contributed by atoms with Crippen molar-refractivity contribution in [2.45, 2.75) is 50.2 Å². The van der Waals surface area contributed by atoms with Crippen molar-refractivity contribution in [1.29, 1.82) is 0 Å². The van der Waals surface area contributed by atoms with Crippen LogP contribution in [0.2, 0.25) is 0 Å². The minimum Gasteiger partial charge on any atom is -0.492 e. The van der Waals surface area contributed by atoms with Crippen LogP contribution < -0.4 is 10.1 Å². The monoisotopic (exact) mass is 486 g/mol. The Labute approximate surface area is 207 Å². The molecule has 184 valence electrons. The van der Waals surface area contributed by atoms with E-state index < -0.39 is 11.9 Å². The number of nitrogens with zero attached hydrogens (tertiary/aromatic N) is 3. The zero-order valence-corrected chi connectivity index (χ0v) is 19.8. The highest BCUT2D eigenvalue weighted by atomic mass is 16.5. The number of aromatic nitrogens is 1. The molecule has 5 heterocycles.